The van der Waals surface area contributed by atoms with Crippen LogP contribution in [0, 0.1) is 0 Å². The van der Waals surface area contributed by atoms with Crippen LogP contribution in [-0.2, 0) is 0 Å². The molecular formula is C9H6BrClN2. The van der Waals surface area contributed by atoms with Crippen molar-refractivity contribution < 1.29 is 0 Å². The molecule has 13 heavy (non-hydrogen) atoms. The van der Waals surface area contributed by atoms with Gasteiger partial charge in [0, 0.05) is 27.1 Å². The van der Waals surface area contributed by atoms with Crippen molar-refractivity contribution in [2.45, 2.75) is 0 Å². The molecule has 1 aromatic carbocycles. The molecule has 0 radical (unpaired) electrons. The molecule has 1 heterocycles. The summed E-state index contributed by atoms with van der Waals surface area (Å²) >= 11 is 9.30. The maximum absolute atomic E-state index is 5.91. The van der Waals surface area contributed by atoms with E-state index in [2.05, 4.69) is 20.9 Å². The molecule has 1 aromatic heterocycles. The van der Waals surface area contributed by atoms with Crippen molar-refractivity contribution in [3.63, 3.8) is 0 Å². The van der Waals surface area contributed by atoms with E-state index in [-0.39, 0.29) is 0 Å². The molecule has 0 fully saturated rings. The Kier molecular flexibility index (Phi) is 2.14. The fraction of sp³-hybridized carbons (Fsp3) is 0. The van der Waals surface area contributed by atoms with Crippen LogP contribution in [0.25, 0.3) is 10.8 Å². The van der Waals surface area contributed by atoms with Crippen LogP contribution >= 0.6 is 27.5 Å². The number of anilines is 1. The topological polar surface area (TPSA) is 38.9 Å². The number of hydrogen-bond donors (Lipinski definition) is 1. The summed E-state index contributed by atoms with van der Waals surface area (Å²) in [6.07, 6.45) is 1.67. The number of pyridine rings is 1. The number of nitrogen functional groups attached to an aromatic ring is 1. The summed E-state index contributed by atoms with van der Waals surface area (Å²) in [5.41, 5.74) is 6.38. The molecule has 0 aliphatic heterocycles. The van der Waals surface area contributed by atoms with Gasteiger partial charge >= 0.3 is 0 Å². The summed E-state index contributed by atoms with van der Waals surface area (Å²) in [4.78, 5) is 4.01. The Morgan fingerprint density at radius 1 is 1.31 bits per heavy atom. The van der Waals surface area contributed by atoms with Crippen molar-refractivity contribution in [2.75, 3.05) is 5.73 Å². The average Bonchev–Trinajstić information content (AvgIpc) is 2.12. The van der Waals surface area contributed by atoms with Crippen LogP contribution in [0.4, 0.5) is 5.69 Å². The number of halogens is 2. The van der Waals surface area contributed by atoms with Crippen LogP contribution in [0.3, 0.4) is 0 Å². The third kappa shape index (κ3) is 1.49. The maximum atomic E-state index is 5.91. The van der Waals surface area contributed by atoms with Gasteiger partial charge in [0.2, 0.25) is 0 Å². The average molecular weight is 258 g/mol. The fourth-order valence-corrected chi connectivity index (χ4v) is 1.84. The van der Waals surface area contributed by atoms with Crippen LogP contribution < -0.4 is 5.73 Å². The van der Waals surface area contributed by atoms with Gasteiger partial charge in [-0.15, -0.1) is 0 Å². The second-order valence-corrected chi connectivity index (χ2v) is 3.91. The molecule has 66 valence electrons. The molecule has 2 N–H and O–H groups in total. The zero-order valence-corrected chi connectivity index (χ0v) is 8.93. The molecule has 2 rings (SSSR count). The highest BCUT2D eigenvalue weighted by Gasteiger charge is 2.03. The van der Waals surface area contributed by atoms with Gasteiger partial charge < -0.3 is 5.73 Å². The van der Waals surface area contributed by atoms with E-state index in [1.807, 2.05) is 18.2 Å². The molecule has 0 aliphatic carbocycles. The first-order valence-corrected chi connectivity index (χ1v) is 4.85. The Morgan fingerprint density at radius 2 is 2.08 bits per heavy atom. The Bertz CT molecular complexity index is 470. The van der Waals surface area contributed by atoms with Crippen molar-refractivity contribution in [3.8, 4) is 0 Å². The van der Waals surface area contributed by atoms with Crippen molar-refractivity contribution in [3.05, 3.63) is 34.0 Å². The van der Waals surface area contributed by atoms with Crippen molar-refractivity contribution in [1.29, 1.82) is 0 Å². The molecule has 4 heteroatoms. The lowest BCUT2D eigenvalue weighted by atomic mass is 10.1. The second-order valence-electron chi connectivity index (χ2n) is 2.70. The van der Waals surface area contributed by atoms with Crippen molar-refractivity contribution in [1.82, 2.24) is 4.98 Å². The van der Waals surface area contributed by atoms with Crippen molar-refractivity contribution in [2.24, 2.45) is 0 Å². The van der Waals surface area contributed by atoms with E-state index in [0.717, 1.165) is 20.9 Å². The normalized spacial score (nSPS) is 10.6. The minimum Gasteiger partial charge on any atom is -0.399 e. The van der Waals surface area contributed by atoms with Crippen LogP contribution in [0.1, 0.15) is 0 Å². The van der Waals surface area contributed by atoms with Gasteiger partial charge in [-0.05, 0) is 34.1 Å². The lowest BCUT2D eigenvalue weighted by Gasteiger charge is -2.02. The fourth-order valence-electron chi connectivity index (χ4n) is 1.19. The molecule has 2 nitrogen and oxygen atoms in total. The molecule has 0 atom stereocenters. The van der Waals surface area contributed by atoms with E-state index in [9.17, 15) is 0 Å². The molecule has 0 amide bonds. The highest BCUT2D eigenvalue weighted by molar-refractivity contribution is 9.10. The first-order chi connectivity index (χ1) is 6.18. The Hall–Kier alpha value is -0.800. The summed E-state index contributed by atoms with van der Waals surface area (Å²) in [5.74, 6) is 0. The van der Waals surface area contributed by atoms with E-state index in [4.69, 9.17) is 17.3 Å². The van der Waals surface area contributed by atoms with Crippen molar-refractivity contribution >= 4 is 44.0 Å². The van der Waals surface area contributed by atoms with E-state index >= 15 is 0 Å². The Labute approximate surface area is 88.8 Å². The molecular weight excluding hydrogens is 251 g/mol. The first kappa shape index (κ1) is 8.78. The van der Waals surface area contributed by atoms with Gasteiger partial charge in [0.1, 0.15) is 5.15 Å². The summed E-state index contributed by atoms with van der Waals surface area (Å²) < 4.78 is 0.902. The predicted molar refractivity (Wildman–Crippen MR) is 58.9 cm³/mol. The largest absolute Gasteiger partial charge is 0.399 e. The van der Waals surface area contributed by atoms with Gasteiger partial charge in [0.15, 0.2) is 0 Å². The highest BCUT2D eigenvalue weighted by Crippen LogP contribution is 2.29. The van der Waals surface area contributed by atoms with E-state index < -0.39 is 0 Å². The maximum Gasteiger partial charge on any atom is 0.136 e. The lowest BCUT2D eigenvalue weighted by molar-refractivity contribution is 1.35. The lowest BCUT2D eigenvalue weighted by Crippen LogP contribution is -1.86. The standard InChI is InChI=1S/C9H6BrClN2/c10-8-4-13-9(11)6-2-1-5(12)3-7(6)8/h1-4H,12H2. The third-order valence-corrected chi connectivity index (χ3v) is 2.75. The van der Waals surface area contributed by atoms with Crippen LogP contribution in [0.5, 0.6) is 0 Å². The zero-order chi connectivity index (χ0) is 9.42. The van der Waals surface area contributed by atoms with Crippen LogP contribution in [0.2, 0.25) is 5.15 Å². The number of fused-ring (bicyclic) bond motifs is 1. The summed E-state index contributed by atoms with van der Waals surface area (Å²) in [7, 11) is 0. The molecule has 0 unspecified atom stereocenters. The van der Waals surface area contributed by atoms with Crippen LogP contribution in [0.15, 0.2) is 28.9 Å². The highest BCUT2D eigenvalue weighted by atomic mass is 79.9. The monoisotopic (exact) mass is 256 g/mol. The summed E-state index contributed by atoms with van der Waals surface area (Å²) in [6, 6.07) is 5.54. The molecule has 0 bridgehead atoms. The zero-order valence-electron chi connectivity index (χ0n) is 6.59. The van der Waals surface area contributed by atoms with Crippen LogP contribution in [-0.4, -0.2) is 4.98 Å². The molecule has 0 saturated heterocycles. The summed E-state index contributed by atoms with van der Waals surface area (Å²) in [6.45, 7) is 0. The number of nitrogens with zero attached hydrogens (tertiary/aromatic N) is 1. The Morgan fingerprint density at radius 3 is 2.85 bits per heavy atom. The van der Waals surface area contributed by atoms with Gasteiger partial charge in [-0.2, -0.15) is 0 Å². The Balaban J connectivity index is 2.92. The number of rotatable bonds is 0. The number of nitrogens with two attached hydrogens (primary N) is 1. The quantitative estimate of drug-likeness (QED) is 0.581. The van der Waals surface area contributed by atoms with Gasteiger partial charge in [-0.1, -0.05) is 11.6 Å². The first-order valence-electron chi connectivity index (χ1n) is 3.68. The minimum absolute atomic E-state index is 0.498. The number of benzene rings is 1. The molecule has 0 aliphatic rings. The smallest absolute Gasteiger partial charge is 0.136 e. The molecule has 0 spiro atoms. The molecule has 0 saturated carbocycles. The van der Waals surface area contributed by atoms with Gasteiger partial charge in [-0.3, -0.25) is 0 Å². The van der Waals surface area contributed by atoms with Gasteiger partial charge in [0.25, 0.3) is 0 Å². The SMILES string of the molecule is Nc1ccc2c(Cl)ncc(Br)c2c1. The number of hydrogen-bond acceptors (Lipinski definition) is 2. The minimum atomic E-state index is 0.498. The number of aromatic nitrogens is 1. The molecule has 2 aromatic rings. The second kappa shape index (κ2) is 3.16. The van der Waals surface area contributed by atoms with Gasteiger partial charge in [0.05, 0.1) is 0 Å². The third-order valence-electron chi connectivity index (χ3n) is 1.81. The van der Waals surface area contributed by atoms with E-state index in [1.54, 1.807) is 6.20 Å². The van der Waals surface area contributed by atoms with Gasteiger partial charge in [-0.25, -0.2) is 4.98 Å². The summed E-state index contributed by atoms with van der Waals surface area (Å²) in [5, 5.41) is 2.39. The van der Waals surface area contributed by atoms with E-state index in [1.165, 1.54) is 0 Å². The van der Waals surface area contributed by atoms with E-state index in [0.29, 0.717) is 5.15 Å². The predicted octanol–water partition coefficient (Wildman–Crippen LogP) is 3.23.